The number of rotatable bonds is 2. The van der Waals surface area contributed by atoms with Crippen LogP contribution in [0.2, 0.25) is 5.31 Å². The van der Waals surface area contributed by atoms with Crippen LogP contribution in [0.15, 0.2) is 0 Å². The monoisotopic (exact) mass is 326 g/mol. The molecular formula is C23H39B. The van der Waals surface area contributed by atoms with Gasteiger partial charge in [0.15, 0.2) is 0 Å². The smallest absolute Gasteiger partial charge is 0.0605 e. The van der Waals surface area contributed by atoms with Gasteiger partial charge in [0.25, 0.3) is 0 Å². The lowest BCUT2D eigenvalue weighted by Gasteiger charge is -2.66. The van der Waals surface area contributed by atoms with Gasteiger partial charge in [-0.25, -0.2) is 0 Å². The molecule has 0 atom stereocenters. The second-order valence-corrected chi connectivity index (χ2v) is 10.3. The van der Waals surface area contributed by atoms with E-state index in [-0.39, 0.29) is 5.31 Å². The molecule has 0 unspecified atom stereocenters. The summed E-state index contributed by atoms with van der Waals surface area (Å²) >= 11 is 0. The molecule has 0 aromatic rings. The average molecular weight is 326 g/mol. The summed E-state index contributed by atoms with van der Waals surface area (Å²) < 4.78 is 0. The van der Waals surface area contributed by atoms with Gasteiger partial charge in [0.1, 0.15) is 0 Å². The quantitative estimate of drug-likeness (QED) is 0.367. The Kier molecular flexibility index (Phi) is 5.09. The van der Waals surface area contributed by atoms with Gasteiger partial charge in [0.2, 0.25) is 0 Å². The summed E-state index contributed by atoms with van der Waals surface area (Å²) in [5.74, 6) is 1.04. The van der Waals surface area contributed by atoms with Crippen LogP contribution >= 0.6 is 0 Å². The standard InChI is InChI=1S/C23H39B/c24-23(16-8-4-5-9-17-23)22-15-11-10-14-21(18-22,19-22)20-12-6-2-1-3-7-13-20/h20H,1-19H2. The molecule has 2 bridgehead atoms. The highest BCUT2D eigenvalue weighted by atomic mass is 14.7. The van der Waals surface area contributed by atoms with Crippen LogP contribution in [-0.2, 0) is 0 Å². The van der Waals surface area contributed by atoms with Gasteiger partial charge in [0.05, 0.1) is 7.85 Å². The zero-order valence-electron chi connectivity index (χ0n) is 16.1. The van der Waals surface area contributed by atoms with Gasteiger partial charge in [-0.2, -0.15) is 0 Å². The van der Waals surface area contributed by atoms with Crippen molar-refractivity contribution in [3.8, 4) is 0 Å². The summed E-state index contributed by atoms with van der Waals surface area (Å²) in [4.78, 5) is 0. The predicted molar refractivity (Wildman–Crippen MR) is 105 cm³/mol. The van der Waals surface area contributed by atoms with Crippen molar-refractivity contribution in [2.75, 3.05) is 0 Å². The third kappa shape index (κ3) is 3.01. The first-order valence-corrected chi connectivity index (χ1v) is 11.5. The first-order valence-electron chi connectivity index (χ1n) is 11.5. The molecule has 24 heavy (non-hydrogen) atoms. The largest absolute Gasteiger partial charge is 0.0753 e. The minimum atomic E-state index is 0.193. The third-order valence-corrected chi connectivity index (χ3v) is 8.98. The molecule has 0 aliphatic heterocycles. The molecule has 5 rings (SSSR count). The molecule has 0 spiro atoms. The van der Waals surface area contributed by atoms with E-state index in [0.29, 0.717) is 10.8 Å². The molecule has 0 saturated heterocycles. The van der Waals surface area contributed by atoms with Gasteiger partial charge in [-0.1, -0.05) is 88.8 Å². The highest BCUT2D eigenvalue weighted by molar-refractivity contribution is 6.16. The Hall–Kier alpha value is 0.0649. The molecule has 1 heteroatoms. The normalized spacial score (nSPS) is 41.3. The molecule has 5 aliphatic rings. The van der Waals surface area contributed by atoms with E-state index in [2.05, 4.69) is 0 Å². The van der Waals surface area contributed by atoms with E-state index in [9.17, 15) is 0 Å². The molecule has 0 nitrogen and oxygen atoms in total. The van der Waals surface area contributed by atoms with Gasteiger partial charge < -0.3 is 0 Å². The van der Waals surface area contributed by atoms with Crippen molar-refractivity contribution in [3.63, 3.8) is 0 Å². The van der Waals surface area contributed by atoms with Crippen molar-refractivity contribution in [2.24, 2.45) is 16.7 Å². The maximum absolute atomic E-state index is 7.22. The lowest BCUT2D eigenvalue weighted by Crippen LogP contribution is -2.55. The first-order chi connectivity index (χ1) is 11.7. The fourth-order valence-electron chi connectivity index (χ4n) is 7.64. The summed E-state index contributed by atoms with van der Waals surface area (Å²) in [6.07, 6.45) is 27.9. The Balaban J connectivity index is 1.52. The summed E-state index contributed by atoms with van der Waals surface area (Å²) in [6.45, 7) is 0. The van der Waals surface area contributed by atoms with E-state index in [1.807, 2.05) is 0 Å². The summed E-state index contributed by atoms with van der Waals surface area (Å²) in [7, 11) is 7.22. The number of hydrogen-bond acceptors (Lipinski definition) is 0. The third-order valence-electron chi connectivity index (χ3n) is 8.98. The van der Waals surface area contributed by atoms with Crippen LogP contribution in [0.1, 0.15) is 122 Å². The van der Waals surface area contributed by atoms with Crippen LogP contribution in [0.3, 0.4) is 0 Å². The van der Waals surface area contributed by atoms with Gasteiger partial charge in [-0.05, 0) is 55.3 Å². The predicted octanol–water partition coefficient (Wildman–Crippen LogP) is 7.37. The van der Waals surface area contributed by atoms with Crippen molar-refractivity contribution in [1.29, 1.82) is 0 Å². The number of hydrogen-bond donors (Lipinski definition) is 0. The molecule has 5 aliphatic carbocycles. The maximum Gasteiger partial charge on any atom is 0.0753 e. The van der Waals surface area contributed by atoms with E-state index in [1.54, 1.807) is 0 Å². The summed E-state index contributed by atoms with van der Waals surface area (Å²) in [5.41, 5.74) is 1.25. The minimum Gasteiger partial charge on any atom is -0.0605 e. The lowest BCUT2D eigenvalue weighted by molar-refractivity contribution is -0.116. The average Bonchev–Trinajstić information content (AvgIpc) is 2.91. The van der Waals surface area contributed by atoms with Crippen molar-refractivity contribution >= 4 is 7.85 Å². The molecule has 0 aromatic heterocycles. The molecule has 0 amide bonds. The van der Waals surface area contributed by atoms with Crippen molar-refractivity contribution in [1.82, 2.24) is 0 Å². The molecule has 5 fully saturated rings. The maximum atomic E-state index is 7.22. The van der Waals surface area contributed by atoms with E-state index in [0.717, 1.165) is 5.92 Å². The fraction of sp³-hybridized carbons (Fsp3) is 1.00. The first kappa shape index (κ1) is 17.5. The lowest BCUT2D eigenvalue weighted by atomic mass is 9.34. The van der Waals surface area contributed by atoms with Crippen LogP contribution < -0.4 is 0 Å². The molecule has 0 N–H and O–H groups in total. The highest BCUT2D eigenvalue weighted by Gasteiger charge is 2.63. The van der Waals surface area contributed by atoms with Crippen LogP contribution in [0.25, 0.3) is 0 Å². The van der Waals surface area contributed by atoms with E-state index >= 15 is 0 Å². The fourth-order valence-corrected chi connectivity index (χ4v) is 7.64. The van der Waals surface area contributed by atoms with E-state index < -0.39 is 0 Å². The molecule has 0 heterocycles. The zero-order valence-corrected chi connectivity index (χ0v) is 16.1. The van der Waals surface area contributed by atoms with Gasteiger partial charge in [-0.15, -0.1) is 0 Å². The Labute approximate surface area is 152 Å². The Bertz CT molecular complexity index is 404. The Morgan fingerprint density at radius 1 is 0.542 bits per heavy atom. The summed E-state index contributed by atoms with van der Waals surface area (Å²) in [5, 5.41) is 0.193. The Morgan fingerprint density at radius 2 is 1.04 bits per heavy atom. The number of fused-ring (bicyclic) bond motifs is 3. The molecule has 0 aromatic carbocycles. The Morgan fingerprint density at radius 3 is 1.71 bits per heavy atom. The molecule has 2 radical (unpaired) electrons. The molecule has 134 valence electrons. The van der Waals surface area contributed by atoms with Crippen LogP contribution in [0.4, 0.5) is 0 Å². The topological polar surface area (TPSA) is 0 Å². The van der Waals surface area contributed by atoms with Crippen molar-refractivity contribution in [3.05, 3.63) is 0 Å². The zero-order chi connectivity index (χ0) is 16.5. The van der Waals surface area contributed by atoms with Crippen LogP contribution in [0.5, 0.6) is 0 Å². The minimum absolute atomic E-state index is 0.193. The second-order valence-electron chi connectivity index (χ2n) is 10.3. The van der Waals surface area contributed by atoms with Crippen LogP contribution in [-0.4, -0.2) is 7.85 Å². The van der Waals surface area contributed by atoms with Gasteiger partial charge >= 0.3 is 0 Å². The van der Waals surface area contributed by atoms with E-state index in [4.69, 9.17) is 7.85 Å². The van der Waals surface area contributed by atoms with E-state index in [1.165, 1.54) is 122 Å². The van der Waals surface area contributed by atoms with Gasteiger partial charge in [0, 0.05) is 0 Å². The molecular weight excluding hydrogens is 287 g/mol. The highest BCUT2D eigenvalue weighted by Crippen LogP contribution is 2.75. The summed E-state index contributed by atoms with van der Waals surface area (Å²) in [6, 6.07) is 0. The second kappa shape index (κ2) is 7.00. The van der Waals surface area contributed by atoms with Crippen molar-refractivity contribution in [2.45, 2.75) is 127 Å². The van der Waals surface area contributed by atoms with Gasteiger partial charge in [-0.3, -0.25) is 0 Å². The van der Waals surface area contributed by atoms with Crippen molar-refractivity contribution < 1.29 is 0 Å². The SMILES string of the molecule is [B]C1(C23CCCCC(C4CCCCCCC4)(C2)C3)CCCCCC1. The molecule has 5 saturated carbocycles. The van der Waals surface area contributed by atoms with Crippen LogP contribution in [0, 0.1) is 16.7 Å².